The van der Waals surface area contributed by atoms with Crippen LogP contribution in [0, 0.1) is 0 Å². The molecule has 88 valence electrons. The molecular formula is C14H15ClN2. The SMILES string of the molecule is CN(C)c1ccc2nc(C3CC3)cc(Cl)c2c1. The van der Waals surface area contributed by atoms with Gasteiger partial charge in [-0.3, -0.25) is 4.98 Å². The van der Waals surface area contributed by atoms with E-state index in [1.54, 1.807) is 0 Å². The highest BCUT2D eigenvalue weighted by Gasteiger charge is 2.25. The van der Waals surface area contributed by atoms with Gasteiger partial charge in [-0.15, -0.1) is 0 Å². The minimum absolute atomic E-state index is 0.644. The zero-order valence-corrected chi connectivity index (χ0v) is 10.8. The van der Waals surface area contributed by atoms with Gasteiger partial charge in [0.2, 0.25) is 0 Å². The van der Waals surface area contributed by atoms with Crippen molar-refractivity contribution in [3.63, 3.8) is 0 Å². The van der Waals surface area contributed by atoms with Crippen LogP contribution in [0.5, 0.6) is 0 Å². The summed E-state index contributed by atoms with van der Waals surface area (Å²) in [5, 5.41) is 1.86. The second kappa shape index (κ2) is 3.88. The van der Waals surface area contributed by atoms with Crippen molar-refractivity contribution in [3.8, 4) is 0 Å². The lowest BCUT2D eigenvalue weighted by molar-refractivity contribution is 1.04. The molecular weight excluding hydrogens is 232 g/mol. The second-order valence-electron chi connectivity index (χ2n) is 4.90. The van der Waals surface area contributed by atoms with Gasteiger partial charge in [-0.1, -0.05) is 11.6 Å². The van der Waals surface area contributed by atoms with Crippen molar-refractivity contribution >= 4 is 28.2 Å². The van der Waals surface area contributed by atoms with Crippen LogP contribution < -0.4 is 4.90 Å². The van der Waals surface area contributed by atoms with Gasteiger partial charge in [0.15, 0.2) is 0 Å². The summed E-state index contributed by atoms with van der Waals surface area (Å²) in [6, 6.07) is 8.27. The number of fused-ring (bicyclic) bond motifs is 1. The summed E-state index contributed by atoms with van der Waals surface area (Å²) in [4.78, 5) is 6.77. The number of nitrogens with zero attached hydrogens (tertiary/aromatic N) is 2. The highest BCUT2D eigenvalue weighted by Crippen LogP contribution is 2.41. The van der Waals surface area contributed by atoms with Crippen molar-refractivity contribution in [2.45, 2.75) is 18.8 Å². The summed E-state index contributed by atoms with van der Waals surface area (Å²) in [6.45, 7) is 0. The monoisotopic (exact) mass is 246 g/mol. The van der Waals surface area contributed by atoms with Crippen LogP contribution in [-0.4, -0.2) is 19.1 Å². The van der Waals surface area contributed by atoms with Crippen LogP contribution in [0.2, 0.25) is 5.02 Å². The van der Waals surface area contributed by atoms with E-state index in [9.17, 15) is 0 Å². The number of pyridine rings is 1. The molecule has 0 atom stereocenters. The highest BCUT2D eigenvalue weighted by molar-refractivity contribution is 6.35. The Morgan fingerprint density at radius 3 is 2.65 bits per heavy atom. The van der Waals surface area contributed by atoms with E-state index in [2.05, 4.69) is 23.1 Å². The average molecular weight is 247 g/mol. The Labute approximate surface area is 106 Å². The van der Waals surface area contributed by atoms with Gasteiger partial charge < -0.3 is 4.90 Å². The molecule has 1 aliphatic carbocycles. The topological polar surface area (TPSA) is 16.1 Å². The Kier molecular flexibility index (Phi) is 2.48. The van der Waals surface area contributed by atoms with Crippen LogP contribution in [0.15, 0.2) is 24.3 Å². The number of halogens is 1. The zero-order chi connectivity index (χ0) is 12.0. The van der Waals surface area contributed by atoms with Crippen molar-refractivity contribution in [3.05, 3.63) is 35.0 Å². The summed E-state index contributed by atoms with van der Waals surface area (Å²) >= 11 is 6.35. The molecule has 2 nitrogen and oxygen atoms in total. The minimum atomic E-state index is 0.644. The number of hydrogen-bond acceptors (Lipinski definition) is 2. The van der Waals surface area contributed by atoms with Gasteiger partial charge in [0, 0.05) is 36.8 Å². The fraction of sp³-hybridized carbons (Fsp3) is 0.357. The molecule has 17 heavy (non-hydrogen) atoms. The summed E-state index contributed by atoms with van der Waals surface area (Å²) in [5.41, 5.74) is 3.31. The maximum absolute atomic E-state index is 6.35. The van der Waals surface area contributed by atoms with E-state index in [1.807, 2.05) is 20.2 Å². The Morgan fingerprint density at radius 1 is 1.24 bits per heavy atom. The van der Waals surface area contributed by atoms with E-state index < -0.39 is 0 Å². The largest absolute Gasteiger partial charge is 0.378 e. The smallest absolute Gasteiger partial charge is 0.0721 e. The van der Waals surface area contributed by atoms with Gasteiger partial charge in [0.25, 0.3) is 0 Å². The lowest BCUT2D eigenvalue weighted by Gasteiger charge is -2.13. The van der Waals surface area contributed by atoms with Gasteiger partial charge in [0.1, 0.15) is 0 Å². The van der Waals surface area contributed by atoms with E-state index in [0.717, 1.165) is 27.3 Å². The van der Waals surface area contributed by atoms with E-state index in [0.29, 0.717) is 5.92 Å². The van der Waals surface area contributed by atoms with Crippen molar-refractivity contribution in [1.82, 2.24) is 4.98 Å². The third-order valence-electron chi connectivity index (χ3n) is 3.27. The summed E-state index contributed by atoms with van der Waals surface area (Å²) in [7, 11) is 4.06. The number of benzene rings is 1. The number of hydrogen-bond donors (Lipinski definition) is 0. The molecule has 3 rings (SSSR count). The predicted molar refractivity (Wildman–Crippen MR) is 73.1 cm³/mol. The predicted octanol–water partition coefficient (Wildman–Crippen LogP) is 3.83. The fourth-order valence-electron chi connectivity index (χ4n) is 2.06. The maximum Gasteiger partial charge on any atom is 0.0721 e. The number of rotatable bonds is 2. The molecule has 1 fully saturated rings. The summed E-state index contributed by atoms with van der Waals surface area (Å²) < 4.78 is 0. The second-order valence-corrected chi connectivity index (χ2v) is 5.31. The Hall–Kier alpha value is -1.28. The first-order valence-electron chi connectivity index (χ1n) is 5.92. The van der Waals surface area contributed by atoms with Gasteiger partial charge >= 0.3 is 0 Å². The maximum atomic E-state index is 6.35. The van der Waals surface area contributed by atoms with Gasteiger partial charge in [-0.2, -0.15) is 0 Å². The minimum Gasteiger partial charge on any atom is -0.378 e. The van der Waals surface area contributed by atoms with Gasteiger partial charge in [-0.25, -0.2) is 0 Å². The Morgan fingerprint density at radius 2 is 2.00 bits per heavy atom. The lowest BCUT2D eigenvalue weighted by Crippen LogP contribution is -2.08. The summed E-state index contributed by atoms with van der Waals surface area (Å²) in [6.07, 6.45) is 2.51. The number of aromatic nitrogens is 1. The van der Waals surface area contributed by atoms with Gasteiger partial charge in [-0.05, 0) is 37.1 Å². The van der Waals surface area contributed by atoms with Crippen molar-refractivity contribution in [2.24, 2.45) is 0 Å². The van der Waals surface area contributed by atoms with Gasteiger partial charge in [0.05, 0.1) is 10.5 Å². The molecule has 1 heterocycles. The molecule has 2 aromatic rings. The van der Waals surface area contributed by atoms with E-state index in [1.165, 1.54) is 12.8 Å². The molecule has 0 N–H and O–H groups in total. The van der Waals surface area contributed by atoms with Crippen molar-refractivity contribution in [2.75, 3.05) is 19.0 Å². The highest BCUT2D eigenvalue weighted by atomic mass is 35.5. The molecule has 1 saturated carbocycles. The number of anilines is 1. The fourth-order valence-corrected chi connectivity index (χ4v) is 2.32. The first-order valence-corrected chi connectivity index (χ1v) is 6.30. The standard InChI is InChI=1S/C14H15ClN2/c1-17(2)10-5-6-13-11(7-10)12(15)8-14(16-13)9-3-4-9/h5-9H,3-4H2,1-2H3. The average Bonchev–Trinajstić information content (AvgIpc) is 3.12. The van der Waals surface area contributed by atoms with Crippen LogP contribution in [0.25, 0.3) is 10.9 Å². The van der Waals surface area contributed by atoms with Crippen molar-refractivity contribution in [1.29, 1.82) is 0 Å². The molecule has 1 aromatic heterocycles. The third-order valence-corrected chi connectivity index (χ3v) is 3.59. The van der Waals surface area contributed by atoms with Crippen LogP contribution in [0.1, 0.15) is 24.5 Å². The van der Waals surface area contributed by atoms with E-state index in [4.69, 9.17) is 16.6 Å². The van der Waals surface area contributed by atoms with E-state index in [-0.39, 0.29) is 0 Å². The quantitative estimate of drug-likeness (QED) is 0.801. The Bertz CT molecular complexity index is 574. The molecule has 0 unspecified atom stereocenters. The Balaban J connectivity index is 2.17. The van der Waals surface area contributed by atoms with Crippen molar-refractivity contribution < 1.29 is 0 Å². The molecule has 0 aliphatic heterocycles. The van der Waals surface area contributed by atoms with Crippen LogP contribution >= 0.6 is 11.6 Å². The van der Waals surface area contributed by atoms with E-state index >= 15 is 0 Å². The molecule has 0 spiro atoms. The van der Waals surface area contributed by atoms with Crippen LogP contribution in [-0.2, 0) is 0 Å². The summed E-state index contributed by atoms with van der Waals surface area (Å²) in [5.74, 6) is 0.644. The molecule has 1 aromatic carbocycles. The molecule has 3 heteroatoms. The van der Waals surface area contributed by atoms with Crippen LogP contribution in [0.3, 0.4) is 0 Å². The molecule has 0 amide bonds. The molecule has 0 saturated heterocycles. The first kappa shape index (κ1) is 10.8. The first-order chi connectivity index (χ1) is 8.15. The third kappa shape index (κ3) is 1.98. The lowest BCUT2D eigenvalue weighted by atomic mass is 10.1. The van der Waals surface area contributed by atoms with Crippen LogP contribution in [0.4, 0.5) is 5.69 Å². The molecule has 0 bridgehead atoms. The zero-order valence-electron chi connectivity index (χ0n) is 10.1. The normalized spacial score (nSPS) is 15.2. The molecule has 1 aliphatic rings. The molecule has 0 radical (unpaired) electrons.